The van der Waals surface area contributed by atoms with Crippen molar-refractivity contribution in [1.82, 2.24) is 9.78 Å². The molecular formula is C10H8ClIN2O. The van der Waals surface area contributed by atoms with Crippen LogP contribution in [0, 0.1) is 3.57 Å². The van der Waals surface area contributed by atoms with Crippen LogP contribution >= 0.6 is 34.2 Å². The largest absolute Gasteiger partial charge is 0.392 e. The molecule has 0 fully saturated rings. The average molecular weight is 335 g/mol. The van der Waals surface area contributed by atoms with Gasteiger partial charge in [-0.1, -0.05) is 17.7 Å². The van der Waals surface area contributed by atoms with Crippen LogP contribution in [0.25, 0.3) is 5.69 Å². The number of benzene rings is 1. The van der Waals surface area contributed by atoms with Gasteiger partial charge in [-0.05, 0) is 34.7 Å². The van der Waals surface area contributed by atoms with Gasteiger partial charge >= 0.3 is 0 Å². The summed E-state index contributed by atoms with van der Waals surface area (Å²) in [5.41, 5.74) is 1.62. The third-order valence-corrected chi connectivity index (χ3v) is 2.81. The second-order valence-corrected chi connectivity index (χ2v) is 4.72. The van der Waals surface area contributed by atoms with Crippen molar-refractivity contribution in [3.05, 3.63) is 44.7 Å². The van der Waals surface area contributed by atoms with E-state index in [2.05, 4.69) is 27.7 Å². The smallest absolute Gasteiger partial charge is 0.0715 e. The molecule has 0 bridgehead atoms. The predicted molar refractivity (Wildman–Crippen MR) is 67.2 cm³/mol. The molecule has 2 aromatic rings. The van der Waals surface area contributed by atoms with E-state index in [-0.39, 0.29) is 6.61 Å². The quantitative estimate of drug-likeness (QED) is 0.858. The first kappa shape index (κ1) is 10.9. The Morgan fingerprint density at radius 2 is 2.27 bits per heavy atom. The Morgan fingerprint density at radius 1 is 1.47 bits per heavy atom. The fourth-order valence-electron chi connectivity index (χ4n) is 1.32. The Hall–Kier alpha value is -0.590. The van der Waals surface area contributed by atoms with Crippen LogP contribution < -0.4 is 0 Å². The summed E-state index contributed by atoms with van der Waals surface area (Å²) in [5, 5.41) is 14.0. The van der Waals surface area contributed by atoms with Crippen LogP contribution in [0.1, 0.15) is 5.56 Å². The van der Waals surface area contributed by atoms with E-state index in [1.807, 2.05) is 6.20 Å². The van der Waals surface area contributed by atoms with Crippen LogP contribution in [0.5, 0.6) is 0 Å². The van der Waals surface area contributed by atoms with Crippen LogP contribution in [0.3, 0.4) is 0 Å². The highest BCUT2D eigenvalue weighted by Crippen LogP contribution is 2.20. The molecule has 0 radical (unpaired) electrons. The number of halogens is 2. The summed E-state index contributed by atoms with van der Waals surface area (Å²) in [4.78, 5) is 0. The number of hydrogen-bond donors (Lipinski definition) is 1. The average Bonchev–Trinajstić information content (AvgIpc) is 2.65. The van der Waals surface area contributed by atoms with Gasteiger partial charge in [0.15, 0.2) is 0 Å². The summed E-state index contributed by atoms with van der Waals surface area (Å²) >= 11 is 8.09. The fraction of sp³-hybridized carbons (Fsp3) is 0.100. The van der Waals surface area contributed by atoms with Gasteiger partial charge in [-0.15, -0.1) is 0 Å². The number of aromatic nitrogens is 2. The van der Waals surface area contributed by atoms with Gasteiger partial charge in [0.25, 0.3) is 0 Å². The lowest BCUT2D eigenvalue weighted by molar-refractivity contribution is 0.281. The lowest BCUT2D eigenvalue weighted by Gasteiger charge is -2.07. The van der Waals surface area contributed by atoms with Crippen molar-refractivity contribution < 1.29 is 5.11 Å². The Bertz CT molecular complexity index is 484. The molecule has 1 N–H and O–H groups in total. The van der Waals surface area contributed by atoms with Crippen LogP contribution in [0.15, 0.2) is 30.6 Å². The second kappa shape index (κ2) is 4.51. The molecule has 0 unspecified atom stereocenters. The summed E-state index contributed by atoms with van der Waals surface area (Å²) in [6, 6.07) is 5.34. The zero-order valence-electron chi connectivity index (χ0n) is 7.69. The molecular weight excluding hydrogens is 326 g/mol. The Morgan fingerprint density at radius 3 is 2.87 bits per heavy atom. The zero-order chi connectivity index (χ0) is 10.8. The monoisotopic (exact) mass is 334 g/mol. The fourth-order valence-corrected chi connectivity index (χ4v) is 1.87. The maximum Gasteiger partial charge on any atom is 0.0715 e. The summed E-state index contributed by atoms with van der Waals surface area (Å²) in [6.07, 6.45) is 3.63. The number of nitrogens with zero attached hydrogens (tertiary/aromatic N) is 2. The van der Waals surface area contributed by atoms with Gasteiger partial charge in [-0.25, -0.2) is 4.68 Å². The maximum atomic E-state index is 9.19. The van der Waals surface area contributed by atoms with Gasteiger partial charge in [0, 0.05) is 16.8 Å². The lowest BCUT2D eigenvalue weighted by Crippen LogP contribution is -1.99. The van der Waals surface area contributed by atoms with E-state index >= 15 is 0 Å². The van der Waals surface area contributed by atoms with Gasteiger partial charge in [0.1, 0.15) is 0 Å². The first-order chi connectivity index (χ1) is 7.20. The van der Waals surface area contributed by atoms with E-state index in [0.29, 0.717) is 5.02 Å². The molecule has 1 heterocycles. The number of hydrogen-bond acceptors (Lipinski definition) is 2. The number of rotatable bonds is 2. The minimum atomic E-state index is -0.0249. The minimum Gasteiger partial charge on any atom is -0.392 e. The topological polar surface area (TPSA) is 38.0 Å². The van der Waals surface area contributed by atoms with E-state index in [1.54, 1.807) is 29.1 Å². The van der Waals surface area contributed by atoms with Crippen LogP contribution in [0.2, 0.25) is 5.02 Å². The molecule has 0 saturated heterocycles. The second-order valence-electron chi connectivity index (χ2n) is 3.03. The molecule has 0 aliphatic carbocycles. The minimum absolute atomic E-state index is 0.0249. The molecule has 15 heavy (non-hydrogen) atoms. The van der Waals surface area contributed by atoms with E-state index in [9.17, 15) is 5.11 Å². The van der Waals surface area contributed by atoms with Crippen molar-refractivity contribution in [3.8, 4) is 5.69 Å². The highest BCUT2D eigenvalue weighted by atomic mass is 127. The van der Waals surface area contributed by atoms with Crippen LogP contribution in [-0.2, 0) is 6.61 Å². The summed E-state index contributed by atoms with van der Waals surface area (Å²) < 4.78 is 2.75. The SMILES string of the molecule is OCc1ccc(Cl)cc1-n1cc(I)cn1. The highest BCUT2D eigenvalue weighted by Gasteiger charge is 2.05. The van der Waals surface area contributed by atoms with Crippen molar-refractivity contribution in [2.75, 3.05) is 0 Å². The van der Waals surface area contributed by atoms with Crippen molar-refractivity contribution >= 4 is 34.2 Å². The molecule has 0 aliphatic rings. The van der Waals surface area contributed by atoms with E-state index in [4.69, 9.17) is 11.6 Å². The number of aliphatic hydroxyl groups is 1. The van der Waals surface area contributed by atoms with Gasteiger partial charge < -0.3 is 5.11 Å². The molecule has 0 aliphatic heterocycles. The van der Waals surface area contributed by atoms with E-state index in [0.717, 1.165) is 14.8 Å². The molecule has 5 heteroatoms. The van der Waals surface area contributed by atoms with E-state index in [1.165, 1.54) is 0 Å². The molecule has 0 spiro atoms. The molecule has 78 valence electrons. The van der Waals surface area contributed by atoms with Crippen molar-refractivity contribution in [2.24, 2.45) is 0 Å². The first-order valence-electron chi connectivity index (χ1n) is 4.30. The molecule has 1 aromatic carbocycles. The lowest BCUT2D eigenvalue weighted by atomic mass is 10.2. The predicted octanol–water partition coefficient (Wildman–Crippen LogP) is 2.62. The summed E-state index contributed by atoms with van der Waals surface area (Å²) in [5.74, 6) is 0. The molecule has 1 aromatic heterocycles. The third-order valence-electron chi connectivity index (χ3n) is 2.02. The highest BCUT2D eigenvalue weighted by molar-refractivity contribution is 14.1. The van der Waals surface area contributed by atoms with Crippen molar-refractivity contribution in [1.29, 1.82) is 0 Å². The summed E-state index contributed by atoms with van der Waals surface area (Å²) in [6.45, 7) is -0.0249. The maximum absolute atomic E-state index is 9.19. The normalized spacial score (nSPS) is 10.6. The standard InChI is InChI=1S/C10H8ClIN2O/c11-8-2-1-7(6-15)10(3-8)14-5-9(12)4-13-14/h1-5,15H,6H2. The first-order valence-corrected chi connectivity index (χ1v) is 5.76. The van der Waals surface area contributed by atoms with Gasteiger partial charge in [-0.3, -0.25) is 0 Å². The summed E-state index contributed by atoms with van der Waals surface area (Å²) in [7, 11) is 0. The van der Waals surface area contributed by atoms with Crippen molar-refractivity contribution in [3.63, 3.8) is 0 Å². The van der Waals surface area contributed by atoms with Crippen LogP contribution in [0.4, 0.5) is 0 Å². The number of aliphatic hydroxyl groups excluding tert-OH is 1. The molecule has 3 nitrogen and oxygen atoms in total. The van der Waals surface area contributed by atoms with Gasteiger partial charge in [-0.2, -0.15) is 5.10 Å². The molecule has 0 amide bonds. The van der Waals surface area contributed by atoms with Crippen molar-refractivity contribution in [2.45, 2.75) is 6.61 Å². The molecule has 0 saturated carbocycles. The van der Waals surface area contributed by atoms with E-state index < -0.39 is 0 Å². The Labute approximate surface area is 106 Å². The molecule has 2 rings (SSSR count). The van der Waals surface area contributed by atoms with Gasteiger partial charge in [0.05, 0.1) is 22.1 Å². The third kappa shape index (κ3) is 2.32. The molecule has 0 atom stereocenters. The van der Waals surface area contributed by atoms with Gasteiger partial charge in [0.2, 0.25) is 0 Å². The Kier molecular flexibility index (Phi) is 3.28. The zero-order valence-corrected chi connectivity index (χ0v) is 10.6. The Balaban J connectivity index is 2.55. The van der Waals surface area contributed by atoms with Crippen LogP contribution in [-0.4, -0.2) is 14.9 Å².